The Bertz CT molecular complexity index is 263. The third kappa shape index (κ3) is 1.72. The monoisotopic (exact) mass is 200 g/mol. The summed E-state index contributed by atoms with van der Waals surface area (Å²) in [5, 5.41) is 8.93. The van der Waals surface area contributed by atoms with Gasteiger partial charge in [0.05, 0.1) is 6.54 Å². The number of amides is 1. The fraction of sp³-hybridized carbons (Fsp3) is 0.778. The maximum Gasteiger partial charge on any atom is 0.326 e. The van der Waals surface area contributed by atoms with E-state index in [2.05, 4.69) is 0 Å². The molecule has 0 spiro atoms. The number of likely N-dealkylation sites (tertiary alicyclic amines) is 1. The summed E-state index contributed by atoms with van der Waals surface area (Å²) in [6.45, 7) is 3.60. The highest BCUT2D eigenvalue weighted by molar-refractivity contribution is 5.86. The van der Waals surface area contributed by atoms with Gasteiger partial charge in [0.25, 0.3) is 0 Å². The molecular formula is C9H16N2O3. The maximum atomic E-state index is 11.5. The lowest BCUT2D eigenvalue weighted by molar-refractivity contribution is -0.150. The normalized spacial score (nSPS) is 25.1. The van der Waals surface area contributed by atoms with E-state index in [0.717, 1.165) is 0 Å². The Morgan fingerprint density at radius 1 is 1.57 bits per heavy atom. The lowest BCUT2D eigenvalue weighted by atomic mass is 10.0. The minimum absolute atomic E-state index is 0.132. The lowest BCUT2D eigenvalue weighted by Crippen LogP contribution is -2.51. The van der Waals surface area contributed by atoms with Crippen molar-refractivity contribution in [2.45, 2.75) is 38.3 Å². The molecule has 1 amide bonds. The van der Waals surface area contributed by atoms with Crippen LogP contribution in [0.5, 0.6) is 0 Å². The molecule has 0 unspecified atom stereocenters. The summed E-state index contributed by atoms with van der Waals surface area (Å²) in [5.41, 5.74) is 4.86. The number of aliphatic carboxylic acids is 1. The number of hydrogen-bond acceptors (Lipinski definition) is 3. The van der Waals surface area contributed by atoms with Gasteiger partial charge in [-0.25, -0.2) is 4.79 Å². The molecule has 0 saturated carbocycles. The number of carboxylic acid groups (broad SMARTS) is 1. The standard InChI is InChI=1S/C9H16N2O3/c1-9(2)4-3-6(8(13)14)11(9)7(12)5-10/h6H,3-5,10H2,1-2H3,(H,13,14)/t6-/m0/s1. The Balaban J connectivity index is 2.92. The second-order valence-corrected chi connectivity index (χ2v) is 4.17. The molecule has 0 bridgehead atoms. The minimum atomic E-state index is -0.947. The largest absolute Gasteiger partial charge is 0.480 e. The molecule has 0 aromatic heterocycles. The number of hydrogen-bond donors (Lipinski definition) is 2. The van der Waals surface area contributed by atoms with Crippen LogP contribution in [-0.4, -0.2) is 40.0 Å². The van der Waals surface area contributed by atoms with Gasteiger partial charge in [0, 0.05) is 5.54 Å². The van der Waals surface area contributed by atoms with Crippen LogP contribution < -0.4 is 5.73 Å². The van der Waals surface area contributed by atoms with Gasteiger partial charge in [-0.05, 0) is 26.7 Å². The minimum Gasteiger partial charge on any atom is -0.480 e. The summed E-state index contributed by atoms with van der Waals surface area (Å²) >= 11 is 0. The van der Waals surface area contributed by atoms with Gasteiger partial charge in [-0.2, -0.15) is 0 Å². The van der Waals surface area contributed by atoms with Crippen molar-refractivity contribution >= 4 is 11.9 Å². The first-order valence-electron chi connectivity index (χ1n) is 4.65. The summed E-state index contributed by atoms with van der Waals surface area (Å²) in [6.07, 6.45) is 1.21. The molecule has 5 nitrogen and oxygen atoms in total. The number of nitrogens with two attached hydrogens (primary N) is 1. The lowest BCUT2D eigenvalue weighted by Gasteiger charge is -2.34. The van der Waals surface area contributed by atoms with Crippen LogP contribution in [-0.2, 0) is 9.59 Å². The highest BCUT2D eigenvalue weighted by Gasteiger charge is 2.45. The van der Waals surface area contributed by atoms with E-state index >= 15 is 0 Å². The van der Waals surface area contributed by atoms with E-state index in [1.54, 1.807) is 0 Å². The van der Waals surface area contributed by atoms with Crippen molar-refractivity contribution in [1.82, 2.24) is 4.90 Å². The Kier molecular flexibility index (Phi) is 2.80. The maximum absolute atomic E-state index is 11.5. The molecule has 1 rings (SSSR count). The van der Waals surface area contributed by atoms with E-state index in [0.29, 0.717) is 12.8 Å². The van der Waals surface area contributed by atoms with E-state index in [-0.39, 0.29) is 18.0 Å². The van der Waals surface area contributed by atoms with Gasteiger partial charge < -0.3 is 15.7 Å². The summed E-state index contributed by atoms with van der Waals surface area (Å²) < 4.78 is 0. The molecule has 1 aliphatic heterocycles. The van der Waals surface area contributed by atoms with Crippen LogP contribution in [0, 0.1) is 0 Å². The van der Waals surface area contributed by atoms with Crippen molar-refractivity contribution in [3.05, 3.63) is 0 Å². The van der Waals surface area contributed by atoms with E-state index in [1.165, 1.54) is 4.90 Å². The number of rotatable bonds is 2. The molecule has 0 radical (unpaired) electrons. The van der Waals surface area contributed by atoms with Crippen molar-refractivity contribution in [2.24, 2.45) is 5.73 Å². The number of carbonyl (C=O) groups excluding carboxylic acids is 1. The predicted molar refractivity (Wildman–Crippen MR) is 50.6 cm³/mol. The molecule has 80 valence electrons. The van der Waals surface area contributed by atoms with Crippen LogP contribution >= 0.6 is 0 Å². The van der Waals surface area contributed by atoms with Gasteiger partial charge in [0.15, 0.2) is 0 Å². The van der Waals surface area contributed by atoms with Crippen LogP contribution in [0.4, 0.5) is 0 Å². The van der Waals surface area contributed by atoms with Crippen molar-refractivity contribution < 1.29 is 14.7 Å². The zero-order chi connectivity index (χ0) is 10.9. The van der Waals surface area contributed by atoms with Gasteiger partial charge in [-0.1, -0.05) is 0 Å². The molecule has 0 aromatic carbocycles. The first-order chi connectivity index (χ1) is 6.40. The molecule has 14 heavy (non-hydrogen) atoms. The van der Waals surface area contributed by atoms with Crippen LogP contribution in [0.25, 0.3) is 0 Å². The van der Waals surface area contributed by atoms with Gasteiger partial charge in [-0.15, -0.1) is 0 Å². The molecule has 0 aliphatic carbocycles. The van der Waals surface area contributed by atoms with Gasteiger partial charge in [0.2, 0.25) is 5.91 Å². The van der Waals surface area contributed by atoms with Gasteiger partial charge in [-0.3, -0.25) is 4.79 Å². The van der Waals surface area contributed by atoms with Crippen LogP contribution in [0.2, 0.25) is 0 Å². The fourth-order valence-corrected chi connectivity index (χ4v) is 2.01. The quantitative estimate of drug-likeness (QED) is 0.646. The third-order valence-electron chi connectivity index (χ3n) is 2.72. The second-order valence-electron chi connectivity index (χ2n) is 4.17. The highest BCUT2D eigenvalue weighted by atomic mass is 16.4. The molecule has 1 aliphatic rings. The summed E-state index contributed by atoms with van der Waals surface area (Å²) in [5.74, 6) is -1.24. The Labute approximate surface area is 82.9 Å². The van der Waals surface area contributed by atoms with E-state index < -0.39 is 12.0 Å². The molecule has 1 heterocycles. The zero-order valence-electron chi connectivity index (χ0n) is 8.49. The molecule has 3 N–H and O–H groups in total. The van der Waals surface area contributed by atoms with Gasteiger partial charge in [0.1, 0.15) is 6.04 Å². The van der Waals surface area contributed by atoms with Crippen molar-refractivity contribution in [2.75, 3.05) is 6.54 Å². The average Bonchev–Trinajstić information content (AvgIpc) is 2.40. The fourth-order valence-electron chi connectivity index (χ4n) is 2.01. The molecule has 1 fully saturated rings. The predicted octanol–water partition coefficient (Wildman–Crippen LogP) is -0.201. The second kappa shape index (κ2) is 3.57. The van der Waals surface area contributed by atoms with Crippen molar-refractivity contribution in [3.8, 4) is 0 Å². The first kappa shape index (κ1) is 11.0. The SMILES string of the molecule is CC1(C)CC[C@@H](C(=O)O)N1C(=O)CN. The third-order valence-corrected chi connectivity index (χ3v) is 2.72. The van der Waals surface area contributed by atoms with Crippen LogP contribution in [0.15, 0.2) is 0 Å². The molecule has 1 saturated heterocycles. The van der Waals surface area contributed by atoms with E-state index in [4.69, 9.17) is 10.8 Å². The topological polar surface area (TPSA) is 83.6 Å². The zero-order valence-corrected chi connectivity index (χ0v) is 8.49. The summed E-state index contributed by atoms with van der Waals surface area (Å²) in [7, 11) is 0. The first-order valence-corrected chi connectivity index (χ1v) is 4.65. The Hall–Kier alpha value is -1.10. The summed E-state index contributed by atoms with van der Waals surface area (Å²) in [4.78, 5) is 23.8. The van der Waals surface area contributed by atoms with Gasteiger partial charge >= 0.3 is 5.97 Å². The van der Waals surface area contributed by atoms with E-state index in [1.807, 2.05) is 13.8 Å². The van der Waals surface area contributed by atoms with Crippen molar-refractivity contribution in [3.63, 3.8) is 0 Å². The Morgan fingerprint density at radius 3 is 2.57 bits per heavy atom. The molecule has 5 heteroatoms. The number of carbonyl (C=O) groups is 2. The average molecular weight is 200 g/mol. The smallest absolute Gasteiger partial charge is 0.326 e. The van der Waals surface area contributed by atoms with E-state index in [9.17, 15) is 9.59 Å². The molecule has 1 atom stereocenters. The molecular weight excluding hydrogens is 184 g/mol. The summed E-state index contributed by atoms with van der Waals surface area (Å²) in [6, 6.07) is -0.707. The Morgan fingerprint density at radius 2 is 2.14 bits per heavy atom. The molecule has 0 aromatic rings. The van der Waals surface area contributed by atoms with Crippen molar-refractivity contribution in [1.29, 1.82) is 0 Å². The highest BCUT2D eigenvalue weighted by Crippen LogP contribution is 2.33. The number of nitrogens with zero attached hydrogens (tertiary/aromatic N) is 1. The van der Waals surface area contributed by atoms with Crippen LogP contribution in [0.3, 0.4) is 0 Å². The van der Waals surface area contributed by atoms with Crippen LogP contribution in [0.1, 0.15) is 26.7 Å². The number of carboxylic acids is 1.